The van der Waals surface area contributed by atoms with Crippen molar-refractivity contribution in [2.75, 3.05) is 5.32 Å². The number of nitrogens with one attached hydrogen (secondary N) is 2. The molecule has 0 bridgehead atoms. The molecule has 3 aromatic rings. The number of fused-ring (bicyclic) bond motifs is 1. The van der Waals surface area contributed by atoms with Crippen LogP contribution >= 0.6 is 0 Å². The Morgan fingerprint density at radius 2 is 1.88 bits per heavy atom. The van der Waals surface area contributed by atoms with Crippen LogP contribution in [0, 0.1) is 19.7 Å². The Hall–Kier alpha value is -3.22. The fourth-order valence-electron chi connectivity index (χ4n) is 2.57. The number of carbonyl (C=O) groups is 1. The van der Waals surface area contributed by atoms with Gasteiger partial charge >= 0.3 is 11.1 Å². The van der Waals surface area contributed by atoms with E-state index in [1.54, 1.807) is 6.07 Å². The number of aromatic amines is 1. The van der Waals surface area contributed by atoms with Crippen molar-refractivity contribution in [2.45, 2.75) is 20.4 Å². The Bertz CT molecular complexity index is 1100. The van der Waals surface area contributed by atoms with Crippen LogP contribution in [0.1, 0.15) is 11.1 Å². The first kappa shape index (κ1) is 16.6. The zero-order valence-electron chi connectivity index (χ0n) is 13.7. The summed E-state index contributed by atoms with van der Waals surface area (Å²) in [6, 6.07) is 9.08. The van der Waals surface area contributed by atoms with Crippen LogP contribution < -0.4 is 16.4 Å². The van der Waals surface area contributed by atoms with Gasteiger partial charge in [-0.25, -0.2) is 4.39 Å². The number of H-pyrrole nitrogens is 1. The average molecular weight is 341 g/mol. The summed E-state index contributed by atoms with van der Waals surface area (Å²) in [5.41, 5.74) is 1.38. The number of carbonyl (C=O) groups excluding carboxylic acids is 1. The van der Waals surface area contributed by atoms with Gasteiger partial charge in [0.15, 0.2) is 0 Å². The molecule has 1 aromatic heterocycles. The van der Waals surface area contributed by atoms with Crippen molar-refractivity contribution in [3.8, 4) is 0 Å². The minimum Gasteiger partial charge on any atom is -0.325 e. The Balaban J connectivity index is 1.95. The second-order valence-electron chi connectivity index (χ2n) is 5.85. The molecular weight excluding hydrogens is 325 g/mol. The minimum atomic E-state index is -0.905. The number of halogens is 1. The first-order valence-corrected chi connectivity index (χ1v) is 7.64. The molecule has 2 N–H and O–H groups in total. The summed E-state index contributed by atoms with van der Waals surface area (Å²) in [4.78, 5) is 38.5. The predicted octanol–water partition coefficient (Wildman–Crippen LogP) is 2.08. The molecule has 1 amide bonds. The lowest BCUT2D eigenvalue weighted by Gasteiger charge is -2.11. The molecule has 0 aliphatic heterocycles. The maximum absolute atomic E-state index is 13.3. The lowest BCUT2D eigenvalue weighted by Crippen LogP contribution is -2.38. The second-order valence-corrected chi connectivity index (χ2v) is 5.85. The van der Waals surface area contributed by atoms with Crippen molar-refractivity contribution in [1.82, 2.24) is 9.55 Å². The maximum atomic E-state index is 13.3. The molecule has 0 unspecified atom stereocenters. The summed E-state index contributed by atoms with van der Waals surface area (Å²) >= 11 is 0. The summed E-state index contributed by atoms with van der Waals surface area (Å²) < 4.78 is 14.4. The summed E-state index contributed by atoms with van der Waals surface area (Å²) in [7, 11) is 0. The quantitative estimate of drug-likeness (QED) is 0.716. The van der Waals surface area contributed by atoms with Crippen LogP contribution in [0.2, 0.25) is 0 Å². The molecule has 0 spiro atoms. The van der Waals surface area contributed by atoms with Crippen molar-refractivity contribution in [1.29, 1.82) is 0 Å². The number of anilines is 1. The maximum Gasteiger partial charge on any atom is 0.317 e. The van der Waals surface area contributed by atoms with Gasteiger partial charge in [0.2, 0.25) is 5.91 Å². The number of nitrogens with zero attached hydrogens (tertiary/aromatic N) is 1. The minimum absolute atomic E-state index is 0.156. The monoisotopic (exact) mass is 341 g/mol. The zero-order valence-corrected chi connectivity index (χ0v) is 13.7. The van der Waals surface area contributed by atoms with Crippen molar-refractivity contribution in [3.63, 3.8) is 0 Å². The molecule has 0 atom stereocenters. The van der Waals surface area contributed by atoms with E-state index in [1.807, 2.05) is 26.0 Å². The van der Waals surface area contributed by atoms with E-state index in [0.29, 0.717) is 5.69 Å². The smallest absolute Gasteiger partial charge is 0.317 e. The molecule has 1 heterocycles. The van der Waals surface area contributed by atoms with E-state index < -0.39 is 22.8 Å². The van der Waals surface area contributed by atoms with Crippen LogP contribution in [0.4, 0.5) is 10.1 Å². The molecule has 128 valence electrons. The van der Waals surface area contributed by atoms with Crippen molar-refractivity contribution in [3.05, 3.63) is 74.0 Å². The summed E-state index contributed by atoms with van der Waals surface area (Å²) in [5.74, 6) is -1.01. The van der Waals surface area contributed by atoms with E-state index >= 15 is 0 Å². The van der Waals surface area contributed by atoms with E-state index in [4.69, 9.17) is 0 Å². The molecule has 7 heteroatoms. The summed E-state index contributed by atoms with van der Waals surface area (Å²) in [6.45, 7) is 3.54. The highest BCUT2D eigenvalue weighted by atomic mass is 19.1. The molecule has 3 rings (SSSR count). The number of aromatic nitrogens is 2. The Labute approximate surface area is 141 Å². The Morgan fingerprint density at radius 3 is 2.60 bits per heavy atom. The highest BCUT2D eigenvalue weighted by Crippen LogP contribution is 2.15. The van der Waals surface area contributed by atoms with Gasteiger partial charge in [-0.1, -0.05) is 6.07 Å². The van der Waals surface area contributed by atoms with Crippen LogP contribution in [-0.2, 0) is 11.3 Å². The number of benzene rings is 2. The standard InChI is InChI=1S/C18H16FN3O3/c1-10-3-5-13(7-11(10)2)20-16(23)9-22-15-6-4-12(19)8-14(15)21-17(24)18(22)25/h3-8H,9H2,1-2H3,(H,20,23)(H,21,24). The molecule has 25 heavy (non-hydrogen) atoms. The fraction of sp³-hybridized carbons (Fsp3) is 0.167. The number of amides is 1. The average Bonchev–Trinajstić information content (AvgIpc) is 2.55. The van der Waals surface area contributed by atoms with Gasteiger partial charge in [-0.15, -0.1) is 0 Å². The molecule has 0 aliphatic rings. The Kier molecular flexibility index (Phi) is 4.22. The highest BCUT2D eigenvalue weighted by Gasteiger charge is 2.12. The van der Waals surface area contributed by atoms with E-state index in [9.17, 15) is 18.8 Å². The van der Waals surface area contributed by atoms with Gasteiger partial charge < -0.3 is 10.3 Å². The van der Waals surface area contributed by atoms with E-state index in [0.717, 1.165) is 27.8 Å². The largest absolute Gasteiger partial charge is 0.325 e. The third kappa shape index (κ3) is 3.35. The molecule has 2 aromatic carbocycles. The second kappa shape index (κ2) is 6.35. The molecule has 0 fully saturated rings. The van der Waals surface area contributed by atoms with E-state index in [1.165, 1.54) is 6.07 Å². The van der Waals surface area contributed by atoms with Gasteiger partial charge in [0.25, 0.3) is 0 Å². The van der Waals surface area contributed by atoms with Crippen LogP contribution in [0.25, 0.3) is 11.0 Å². The molecule has 0 saturated carbocycles. The predicted molar refractivity (Wildman–Crippen MR) is 93.3 cm³/mol. The van der Waals surface area contributed by atoms with Crippen LogP contribution in [0.15, 0.2) is 46.0 Å². The molecule has 0 saturated heterocycles. The van der Waals surface area contributed by atoms with Gasteiger partial charge in [0, 0.05) is 5.69 Å². The van der Waals surface area contributed by atoms with Crippen LogP contribution in [-0.4, -0.2) is 15.5 Å². The van der Waals surface area contributed by atoms with Gasteiger partial charge in [0.05, 0.1) is 11.0 Å². The number of aryl methyl sites for hydroxylation is 2. The van der Waals surface area contributed by atoms with Crippen molar-refractivity contribution >= 4 is 22.6 Å². The van der Waals surface area contributed by atoms with E-state index in [-0.39, 0.29) is 17.6 Å². The zero-order chi connectivity index (χ0) is 18.1. The van der Waals surface area contributed by atoms with Crippen molar-refractivity contribution < 1.29 is 9.18 Å². The first-order chi connectivity index (χ1) is 11.8. The van der Waals surface area contributed by atoms with Gasteiger partial charge in [0.1, 0.15) is 12.4 Å². The van der Waals surface area contributed by atoms with Gasteiger partial charge in [-0.3, -0.25) is 19.0 Å². The number of hydrogen-bond acceptors (Lipinski definition) is 3. The van der Waals surface area contributed by atoms with Crippen LogP contribution in [0.5, 0.6) is 0 Å². The highest BCUT2D eigenvalue weighted by molar-refractivity contribution is 5.91. The summed E-state index contributed by atoms with van der Waals surface area (Å²) in [5, 5.41) is 2.70. The van der Waals surface area contributed by atoms with E-state index in [2.05, 4.69) is 10.3 Å². The topological polar surface area (TPSA) is 84.0 Å². The molecule has 0 aliphatic carbocycles. The number of rotatable bonds is 3. The molecule has 0 radical (unpaired) electrons. The lowest BCUT2D eigenvalue weighted by atomic mass is 10.1. The lowest BCUT2D eigenvalue weighted by molar-refractivity contribution is -0.116. The first-order valence-electron chi connectivity index (χ1n) is 7.64. The van der Waals surface area contributed by atoms with Crippen LogP contribution in [0.3, 0.4) is 0 Å². The third-order valence-electron chi connectivity index (χ3n) is 4.03. The molecule has 6 nitrogen and oxygen atoms in total. The fourth-order valence-corrected chi connectivity index (χ4v) is 2.57. The van der Waals surface area contributed by atoms with Crippen molar-refractivity contribution in [2.24, 2.45) is 0 Å². The normalized spacial score (nSPS) is 10.8. The third-order valence-corrected chi connectivity index (χ3v) is 4.03. The van der Waals surface area contributed by atoms with Gasteiger partial charge in [-0.05, 0) is 55.3 Å². The molecular formula is C18H16FN3O3. The summed E-state index contributed by atoms with van der Waals surface area (Å²) in [6.07, 6.45) is 0. The Morgan fingerprint density at radius 1 is 1.12 bits per heavy atom. The SMILES string of the molecule is Cc1ccc(NC(=O)Cn2c(=O)c(=O)[nH]c3cc(F)ccc32)cc1C. The number of hydrogen-bond donors (Lipinski definition) is 2. The van der Waals surface area contributed by atoms with Gasteiger partial charge in [-0.2, -0.15) is 0 Å².